The first kappa shape index (κ1) is 21.3. The van der Waals surface area contributed by atoms with Gasteiger partial charge in [0.2, 0.25) is 0 Å². The first-order valence-electron chi connectivity index (χ1n) is 9.23. The lowest BCUT2D eigenvalue weighted by Gasteiger charge is -2.20. The van der Waals surface area contributed by atoms with Gasteiger partial charge in [-0.05, 0) is 30.0 Å². The number of alkyl halides is 3. The molecule has 1 aromatic rings. The van der Waals surface area contributed by atoms with Crippen LogP contribution >= 0.6 is 0 Å². The molecule has 0 aromatic heterocycles. The van der Waals surface area contributed by atoms with Crippen LogP contribution in [0.15, 0.2) is 29.3 Å². The summed E-state index contributed by atoms with van der Waals surface area (Å²) in [7, 11) is 1.65. The Morgan fingerprint density at radius 2 is 2.15 bits per heavy atom. The lowest BCUT2D eigenvalue weighted by Crippen LogP contribution is -2.44. The van der Waals surface area contributed by atoms with Gasteiger partial charge in [0.25, 0.3) is 0 Å². The number of likely N-dealkylation sites (tertiary alicyclic amines) is 1. The van der Waals surface area contributed by atoms with Crippen molar-refractivity contribution >= 4 is 5.96 Å². The number of aliphatic imine (C=N–C) groups is 1. The molecule has 0 saturated carbocycles. The first-order chi connectivity index (χ1) is 12.7. The Labute approximate surface area is 159 Å². The highest BCUT2D eigenvalue weighted by molar-refractivity contribution is 5.80. The number of halogens is 3. The fourth-order valence-electron chi connectivity index (χ4n) is 2.93. The zero-order valence-electron chi connectivity index (χ0n) is 16.1. The summed E-state index contributed by atoms with van der Waals surface area (Å²) in [6.45, 7) is 5.34. The normalized spacial score (nSPS) is 18.8. The van der Waals surface area contributed by atoms with Crippen LogP contribution in [0.1, 0.15) is 25.8 Å². The summed E-state index contributed by atoms with van der Waals surface area (Å²) in [5.74, 6) is 1.87. The van der Waals surface area contributed by atoms with Crippen LogP contribution in [0.4, 0.5) is 13.2 Å². The summed E-state index contributed by atoms with van der Waals surface area (Å²) in [4.78, 5) is 5.59. The molecule has 1 saturated heterocycles. The fourth-order valence-corrected chi connectivity index (χ4v) is 2.93. The van der Waals surface area contributed by atoms with Crippen molar-refractivity contribution in [1.29, 1.82) is 0 Å². The van der Waals surface area contributed by atoms with Gasteiger partial charge in [-0.25, -0.2) is 0 Å². The number of guanidine groups is 1. The number of rotatable bonds is 7. The molecule has 8 heteroatoms. The van der Waals surface area contributed by atoms with Gasteiger partial charge in [0.15, 0.2) is 5.96 Å². The Kier molecular flexibility index (Phi) is 7.77. The quantitative estimate of drug-likeness (QED) is 0.559. The Hall–Kier alpha value is -1.96. The minimum atomic E-state index is -4.16. The van der Waals surface area contributed by atoms with Gasteiger partial charge in [-0.15, -0.1) is 0 Å². The Morgan fingerprint density at radius 1 is 1.37 bits per heavy atom. The average molecular weight is 386 g/mol. The summed E-state index contributed by atoms with van der Waals surface area (Å²) in [5.41, 5.74) is 1.05. The highest BCUT2D eigenvalue weighted by Crippen LogP contribution is 2.20. The van der Waals surface area contributed by atoms with Crippen molar-refractivity contribution in [1.82, 2.24) is 15.5 Å². The predicted molar refractivity (Wildman–Crippen MR) is 101 cm³/mol. The lowest BCUT2D eigenvalue weighted by atomic mass is 10.2. The summed E-state index contributed by atoms with van der Waals surface area (Å²) >= 11 is 0. The number of nitrogens with zero attached hydrogens (tertiary/aromatic N) is 2. The highest BCUT2D eigenvalue weighted by atomic mass is 19.4. The molecule has 1 aliphatic heterocycles. The zero-order chi connectivity index (χ0) is 19.9. The summed E-state index contributed by atoms with van der Waals surface area (Å²) in [5, 5.41) is 6.42. The molecule has 0 spiro atoms. The van der Waals surface area contributed by atoms with E-state index in [1.807, 2.05) is 24.3 Å². The van der Waals surface area contributed by atoms with E-state index in [0.717, 1.165) is 11.3 Å². The van der Waals surface area contributed by atoms with E-state index in [4.69, 9.17) is 4.74 Å². The van der Waals surface area contributed by atoms with Crippen LogP contribution in [0.25, 0.3) is 0 Å². The van der Waals surface area contributed by atoms with Crippen molar-refractivity contribution in [2.75, 3.05) is 33.3 Å². The van der Waals surface area contributed by atoms with E-state index in [2.05, 4.69) is 29.5 Å². The summed E-state index contributed by atoms with van der Waals surface area (Å²) < 4.78 is 43.2. The molecule has 1 aromatic carbocycles. The molecule has 152 valence electrons. The second kappa shape index (κ2) is 9.82. The van der Waals surface area contributed by atoms with Gasteiger partial charge in [-0.1, -0.05) is 26.0 Å². The summed E-state index contributed by atoms with van der Waals surface area (Å²) in [6.07, 6.45) is -3.49. The third kappa shape index (κ3) is 8.07. The van der Waals surface area contributed by atoms with Crippen molar-refractivity contribution in [2.24, 2.45) is 10.9 Å². The minimum Gasteiger partial charge on any atom is -0.493 e. The number of hydrogen-bond acceptors (Lipinski definition) is 3. The molecule has 1 aliphatic rings. The molecule has 0 aliphatic carbocycles. The molecule has 1 heterocycles. The largest absolute Gasteiger partial charge is 0.493 e. The zero-order valence-corrected chi connectivity index (χ0v) is 16.1. The molecule has 27 heavy (non-hydrogen) atoms. The van der Waals surface area contributed by atoms with E-state index < -0.39 is 12.7 Å². The average Bonchev–Trinajstić information content (AvgIpc) is 3.02. The molecule has 1 fully saturated rings. The van der Waals surface area contributed by atoms with Crippen molar-refractivity contribution in [3.63, 3.8) is 0 Å². The van der Waals surface area contributed by atoms with Crippen LogP contribution in [0.5, 0.6) is 5.75 Å². The topological polar surface area (TPSA) is 48.9 Å². The van der Waals surface area contributed by atoms with Gasteiger partial charge in [0.1, 0.15) is 5.75 Å². The maximum atomic E-state index is 12.5. The Balaban J connectivity index is 1.80. The van der Waals surface area contributed by atoms with Crippen LogP contribution in [-0.4, -0.2) is 56.4 Å². The number of benzene rings is 1. The molecular weight excluding hydrogens is 357 g/mol. The Morgan fingerprint density at radius 3 is 2.81 bits per heavy atom. The minimum absolute atomic E-state index is 0.0424. The SMILES string of the molecule is CN=C(NCc1cccc(OCC(C)C)c1)NC1CCN(CC(F)(F)F)C1. The molecule has 0 radical (unpaired) electrons. The van der Waals surface area contributed by atoms with Crippen molar-refractivity contribution in [3.05, 3.63) is 29.8 Å². The van der Waals surface area contributed by atoms with E-state index in [9.17, 15) is 13.2 Å². The number of nitrogens with one attached hydrogen (secondary N) is 2. The third-order valence-corrected chi connectivity index (χ3v) is 4.18. The van der Waals surface area contributed by atoms with Crippen LogP contribution in [0.2, 0.25) is 0 Å². The van der Waals surface area contributed by atoms with Gasteiger partial charge < -0.3 is 15.4 Å². The Bertz CT molecular complexity index is 619. The monoisotopic (exact) mass is 386 g/mol. The molecule has 0 bridgehead atoms. The standard InChI is InChI=1S/C19H29F3N4O/c1-14(2)12-27-17-6-4-5-15(9-17)10-24-18(23-3)25-16-7-8-26(11-16)13-19(20,21)22/h4-6,9,14,16H,7-8,10-13H2,1-3H3,(H2,23,24,25). The van der Waals surface area contributed by atoms with Crippen LogP contribution in [-0.2, 0) is 6.54 Å². The first-order valence-corrected chi connectivity index (χ1v) is 9.23. The second-order valence-electron chi connectivity index (χ2n) is 7.26. The lowest BCUT2D eigenvalue weighted by molar-refractivity contribution is -0.143. The van der Waals surface area contributed by atoms with Gasteiger partial charge in [-0.2, -0.15) is 13.2 Å². The van der Waals surface area contributed by atoms with Crippen LogP contribution in [0, 0.1) is 5.92 Å². The van der Waals surface area contributed by atoms with E-state index >= 15 is 0 Å². The molecule has 1 unspecified atom stereocenters. The second-order valence-corrected chi connectivity index (χ2v) is 7.26. The van der Waals surface area contributed by atoms with Crippen molar-refractivity contribution < 1.29 is 17.9 Å². The molecular formula is C19H29F3N4O. The number of ether oxygens (including phenoxy) is 1. The van der Waals surface area contributed by atoms with Crippen LogP contribution < -0.4 is 15.4 Å². The van der Waals surface area contributed by atoms with Crippen molar-refractivity contribution in [2.45, 2.75) is 39.0 Å². The van der Waals surface area contributed by atoms with E-state index in [1.54, 1.807) is 7.05 Å². The third-order valence-electron chi connectivity index (χ3n) is 4.18. The smallest absolute Gasteiger partial charge is 0.401 e. The van der Waals surface area contributed by atoms with E-state index in [0.29, 0.717) is 44.5 Å². The maximum Gasteiger partial charge on any atom is 0.401 e. The van der Waals surface area contributed by atoms with Gasteiger partial charge in [0.05, 0.1) is 13.2 Å². The molecule has 0 amide bonds. The van der Waals surface area contributed by atoms with Crippen molar-refractivity contribution in [3.8, 4) is 5.75 Å². The summed E-state index contributed by atoms with van der Waals surface area (Å²) in [6, 6.07) is 7.79. The fraction of sp³-hybridized carbons (Fsp3) is 0.632. The van der Waals surface area contributed by atoms with Crippen LogP contribution in [0.3, 0.4) is 0 Å². The van der Waals surface area contributed by atoms with Gasteiger partial charge in [-0.3, -0.25) is 9.89 Å². The predicted octanol–water partition coefficient (Wildman–Crippen LogP) is 3.02. The molecule has 2 rings (SSSR count). The van der Waals surface area contributed by atoms with E-state index in [1.165, 1.54) is 4.90 Å². The van der Waals surface area contributed by atoms with Gasteiger partial charge >= 0.3 is 6.18 Å². The van der Waals surface area contributed by atoms with Gasteiger partial charge in [0, 0.05) is 32.7 Å². The highest BCUT2D eigenvalue weighted by Gasteiger charge is 2.34. The molecule has 1 atom stereocenters. The van der Waals surface area contributed by atoms with E-state index in [-0.39, 0.29) is 6.04 Å². The molecule has 5 nitrogen and oxygen atoms in total. The number of hydrogen-bond donors (Lipinski definition) is 2. The maximum absolute atomic E-state index is 12.5. The molecule has 2 N–H and O–H groups in total.